The third-order valence-electron chi connectivity index (χ3n) is 1.59. The first-order chi connectivity index (χ1) is 7.52. The first kappa shape index (κ1) is 12.1. The lowest BCUT2D eigenvalue weighted by Crippen LogP contribution is -2.20. The van der Waals surface area contributed by atoms with E-state index in [1.807, 2.05) is 10.6 Å². The zero-order valence-corrected chi connectivity index (χ0v) is 8.99. The molecule has 1 aromatic rings. The van der Waals surface area contributed by atoms with Crippen LogP contribution < -0.4 is 5.32 Å². The van der Waals surface area contributed by atoms with Crippen LogP contribution in [0.4, 0.5) is 4.79 Å². The zero-order valence-electron chi connectivity index (χ0n) is 8.17. The molecule has 0 atom stereocenters. The van der Waals surface area contributed by atoms with E-state index in [9.17, 15) is 13.2 Å². The number of benzene rings is 1. The molecular formula is C10H9NO4S. The predicted molar refractivity (Wildman–Crippen MR) is 57.4 cm³/mol. The summed E-state index contributed by atoms with van der Waals surface area (Å²) in [4.78, 5) is 10.2. The maximum Gasteiger partial charge on any atom is 0.405 e. The van der Waals surface area contributed by atoms with Crippen LogP contribution in [0.1, 0.15) is 0 Å². The van der Waals surface area contributed by atoms with Crippen molar-refractivity contribution in [3.8, 4) is 11.2 Å². The molecule has 0 saturated heterocycles. The molecule has 0 bridgehead atoms. The normalized spacial score (nSPS) is 10.0. The smallest absolute Gasteiger partial charge is 0.405 e. The summed E-state index contributed by atoms with van der Waals surface area (Å²) in [5.41, 5.74) is 0. The summed E-state index contributed by atoms with van der Waals surface area (Å²) < 4.78 is 23.1. The van der Waals surface area contributed by atoms with E-state index in [4.69, 9.17) is 5.11 Å². The van der Waals surface area contributed by atoms with Gasteiger partial charge in [-0.05, 0) is 12.1 Å². The number of nitrogens with one attached hydrogen (secondary N) is 1. The van der Waals surface area contributed by atoms with Crippen LogP contribution in [0.15, 0.2) is 35.2 Å². The summed E-state index contributed by atoms with van der Waals surface area (Å²) >= 11 is 0. The largest absolute Gasteiger partial charge is 0.465 e. The fourth-order valence-corrected chi connectivity index (χ4v) is 1.80. The highest BCUT2D eigenvalue weighted by Gasteiger charge is 2.08. The van der Waals surface area contributed by atoms with E-state index in [-0.39, 0.29) is 11.4 Å². The van der Waals surface area contributed by atoms with Gasteiger partial charge in [-0.3, -0.25) is 0 Å². The molecule has 0 aliphatic carbocycles. The summed E-state index contributed by atoms with van der Waals surface area (Å²) in [6, 6.07) is 7.72. The summed E-state index contributed by atoms with van der Waals surface area (Å²) in [6.07, 6.45) is -1.24. The van der Waals surface area contributed by atoms with Crippen molar-refractivity contribution < 1.29 is 18.3 Å². The van der Waals surface area contributed by atoms with E-state index in [2.05, 4.69) is 5.92 Å². The van der Waals surface area contributed by atoms with Gasteiger partial charge in [0.25, 0.3) is 0 Å². The van der Waals surface area contributed by atoms with Crippen molar-refractivity contribution >= 4 is 15.9 Å². The van der Waals surface area contributed by atoms with Gasteiger partial charge in [0.1, 0.15) is 0 Å². The Bertz CT molecular complexity index is 525. The van der Waals surface area contributed by atoms with Gasteiger partial charge >= 0.3 is 6.09 Å². The molecule has 0 unspecified atom stereocenters. The summed E-state index contributed by atoms with van der Waals surface area (Å²) in [7, 11) is -3.65. The van der Waals surface area contributed by atoms with Gasteiger partial charge in [0.05, 0.1) is 11.4 Å². The monoisotopic (exact) mass is 239 g/mol. The summed E-state index contributed by atoms with van der Waals surface area (Å²) in [5.74, 6) is 2.23. The van der Waals surface area contributed by atoms with Gasteiger partial charge in [0, 0.05) is 5.25 Å². The van der Waals surface area contributed by atoms with Crippen LogP contribution in [0, 0.1) is 11.2 Å². The average molecular weight is 239 g/mol. The molecule has 1 rings (SSSR count). The number of amides is 1. The minimum absolute atomic E-state index is 0.0952. The van der Waals surface area contributed by atoms with Crippen LogP contribution in [0.2, 0.25) is 0 Å². The van der Waals surface area contributed by atoms with E-state index in [0.717, 1.165) is 0 Å². The van der Waals surface area contributed by atoms with Crippen LogP contribution in [-0.2, 0) is 9.84 Å². The second-order valence-corrected chi connectivity index (χ2v) is 4.44. The fraction of sp³-hybridized carbons (Fsp3) is 0.100. The zero-order chi connectivity index (χ0) is 12.0. The Morgan fingerprint density at radius 2 is 1.94 bits per heavy atom. The van der Waals surface area contributed by atoms with Gasteiger partial charge in [-0.15, -0.1) is 0 Å². The lowest BCUT2D eigenvalue weighted by molar-refractivity contribution is 0.196. The maximum atomic E-state index is 11.5. The van der Waals surface area contributed by atoms with Crippen LogP contribution in [-0.4, -0.2) is 26.2 Å². The average Bonchev–Trinajstić information content (AvgIpc) is 2.26. The summed E-state index contributed by atoms with van der Waals surface area (Å²) in [5, 5.41) is 12.2. The van der Waals surface area contributed by atoms with Crippen molar-refractivity contribution in [2.24, 2.45) is 0 Å². The van der Waals surface area contributed by atoms with E-state index in [0.29, 0.717) is 0 Å². The molecule has 0 aliphatic rings. The lowest BCUT2D eigenvalue weighted by atomic mass is 10.4. The molecule has 0 radical (unpaired) electrons. The van der Waals surface area contributed by atoms with Gasteiger partial charge < -0.3 is 10.4 Å². The Morgan fingerprint density at radius 1 is 1.31 bits per heavy atom. The Hall–Kier alpha value is -2.00. The molecule has 2 N–H and O–H groups in total. The van der Waals surface area contributed by atoms with Gasteiger partial charge in [0.2, 0.25) is 9.84 Å². The molecular weight excluding hydrogens is 230 g/mol. The minimum atomic E-state index is -3.65. The number of hydrogen-bond acceptors (Lipinski definition) is 3. The Kier molecular flexibility index (Phi) is 3.91. The lowest BCUT2D eigenvalue weighted by Gasteiger charge is -1.94. The van der Waals surface area contributed by atoms with Crippen LogP contribution in [0.3, 0.4) is 0 Å². The van der Waals surface area contributed by atoms with Crippen LogP contribution in [0.25, 0.3) is 0 Å². The van der Waals surface area contributed by atoms with Crippen molar-refractivity contribution in [2.75, 3.05) is 6.54 Å². The highest BCUT2D eigenvalue weighted by atomic mass is 32.2. The SMILES string of the molecule is O=C(O)NCC#CS(=O)(=O)c1ccccc1. The first-order valence-corrected chi connectivity index (χ1v) is 5.77. The van der Waals surface area contributed by atoms with Crippen molar-refractivity contribution in [2.45, 2.75) is 4.90 Å². The highest BCUT2D eigenvalue weighted by Crippen LogP contribution is 2.07. The Labute approximate surface area is 93.0 Å². The predicted octanol–water partition coefficient (Wildman–Crippen LogP) is 0.689. The molecule has 84 valence electrons. The molecule has 0 heterocycles. The minimum Gasteiger partial charge on any atom is -0.465 e. The standard InChI is InChI=1S/C10H9NO4S/c12-10(13)11-7-4-8-16(14,15)9-5-2-1-3-6-9/h1-3,5-6,11H,7H2,(H,12,13). The quantitative estimate of drug-likeness (QED) is 0.587. The van der Waals surface area contributed by atoms with Gasteiger partial charge in [-0.1, -0.05) is 24.1 Å². The molecule has 1 amide bonds. The number of carbonyl (C=O) groups is 1. The molecule has 0 saturated carbocycles. The topological polar surface area (TPSA) is 83.5 Å². The molecule has 1 aromatic carbocycles. The third-order valence-corrected chi connectivity index (χ3v) is 2.89. The van der Waals surface area contributed by atoms with Crippen LogP contribution in [0.5, 0.6) is 0 Å². The molecule has 6 heteroatoms. The molecule has 0 aliphatic heterocycles. The highest BCUT2D eigenvalue weighted by molar-refractivity contribution is 7.96. The molecule has 0 spiro atoms. The fourth-order valence-electron chi connectivity index (χ4n) is 0.909. The number of hydrogen-bond donors (Lipinski definition) is 2. The van der Waals surface area contributed by atoms with E-state index in [1.165, 1.54) is 12.1 Å². The van der Waals surface area contributed by atoms with E-state index < -0.39 is 15.9 Å². The Morgan fingerprint density at radius 3 is 2.50 bits per heavy atom. The van der Waals surface area contributed by atoms with Crippen molar-refractivity contribution in [3.05, 3.63) is 30.3 Å². The maximum absolute atomic E-state index is 11.5. The third kappa shape index (κ3) is 3.63. The van der Waals surface area contributed by atoms with E-state index in [1.54, 1.807) is 18.2 Å². The number of rotatable bonds is 2. The van der Waals surface area contributed by atoms with Crippen LogP contribution >= 0.6 is 0 Å². The molecule has 0 fully saturated rings. The Balaban J connectivity index is 2.77. The van der Waals surface area contributed by atoms with Crippen molar-refractivity contribution in [3.63, 3.8) is 0 Å². The molecule has 16 heavy (non-hydrogen) atoms. The van der Waals surface area contributed by atoms with Crippen molar-refractivity contribution in [1.29, 1.82) is 0 Å². The summed E-state index contributed by atoms with van der Waals surface area (Å²) in [6.45, 7) is -0.221. The van der Waals surface area contributed by atoms with Gasteiger partial charge in [0.15, 0.2) is 0 Å². The van der Waals surface area contributed by atoms with Gasteiger partial charge in [-0.25, -0.2) is 13.2 Å². The number of carboxylic acid groups (broad SMARTS) is 1. The molecule has 5 nitrogen and oxygen atoms in total. The van der Waals surface area contributed by atoms with E-state index >= 15 is 0 Å². The van der Waals surface area contributed by atoms with Crippen molar-refractivity contribution in [1.82, 2.24) is 5.32 Å². The second kappa shape index (κ2) is 5.19. The molecule has 0 aromatic heterocycles. The van der Waals surface area contributed by atoms with Gasteiger partial charge in [-0.2, -0.15) is 0 Å². The number of sulfone groups is 1. The first-order valence-electron chi connectivity index (χ1n) is 4.29. The second-order valence-electron chi connectivity index (χ2n) is 2.75.